The molecule has 2 aromatic carbocycles. The second kappa shape index (κ2) is 8.55. The minimum Gasteiger partial charge on any atom is -0.204 e. The van der Waals surface area contributed by atoms with Crippen LogP contribution < -0.4 is 0 Å². The van der Waals surface area contributed by atoms with Gasteiger partial charge in [0.05, 0.1) is 11.1 Å². The zero-order chi connectivity index (χ0) is 20.4. The van der Waals surface area contributed by atoms with E-state index in [9.17, 15) is 0 Å². The minimum absolute atomic E-state index is 1.02. The van der Waals surface area contributed by atoms with Crippen LogP contribution in [0.2, 0.25) is 0 Å². The van der Waals surface area contributed by atoms with Gasteiger partial charge in [-0.1, -0.05) is 74.6 Å². The predicted molar refractivity (Wildman–Crippen MR) is 131 cm³/mol. The fraction of sp³-hybridized carbons (Fsp3) is 0.0741. The van der Waals surface area contributed by atoms with Gasteiger partial charge >= 0.3 is 0 Å². The lowest BCUT2D eigenvalue weighted by Crippen LogP contribution is -2.03. The number of benzene rings is 2. The molecule has 0 radical (unpaired) electrons. The van der Waals surface area contributed by atoms with Crippen molar-refractivity contribution in [3.63, 3.8) is 0 Å². The first kappa shape index (κ1) is 19.9. The van der Waals surface area contributed by atoms with Crippen molar-refractivity contribution in [1.82, 2.24) is 0 Å². The average Bonchev–Trinajstić information content (AvgIpc) is 2.73. The molecular formula is C27H20Br2. The molecule has 0 N–H and O–H groups in total. The van der Waals surface area contributed by atoms with E-state index < -0.39 is 0 Å². The van der Waals surface area contributed by atoms with Gasteiger partial charge in [-0.2, -0.15) is 0 Å². The predicted octanol–water partition coefficient (Wildman–Crippen LogP) is 8.38. The Hall–Kier alpha value is -2.38. The van der Waals surface area contributed by atoms with Gasteiger partial charge in [-0.05, 0) is 26.0 Å². The van der Waals surface area contributed by atoms with E-state index in [4.69, 9.17) is 0 Å². The van der Waals surface area contributed by atoms with Crippen molar-refractivity contribution < 1.29 is 0 Å². The SMILES string of the molecule is CC1=CC(c2ccccc2)=C[C+](C)C1=C=C1C(Br)=CC(c2ccccc2)=C[C-]1Br. The summed E-state index contributed by atoms with van der Waals surface area (Å²) in [6, 6.07) is 20.9. The number of allylic oxidation sites excluding steroid dienone is 9. The highest BCUT2D eigenvalue weighted by molar-refractivity contribution is 9.12. The third-order valence-electron chi connectivity index (χ3n) is 5.04. The molecule has 2 aliphatic carbocycles. The molecule has 142 valence electrons. The zero-order valence-corrected chi connectivity index (χ0v) is 19.5. The molecule has 0 bridgehead atoms. The third kappa shape index (κ3) is 4.31. The molecule has 0 aliphatic heterocycles. The van der Waals surface area contributed by atoms with Gasteiger partial charge in [0.2, 0.25) is 0 Å². The molecule has 0 unspecified atom stereocenters. The lowest BCUT2D eigenvalue weighted by molar-refractivity contribution is 1.18. The normalized spacial score (nSPS) is 16.7. The summed E-state index contributed by atoms with van der Waals surface area (Å²) in [5, 5.41) is 0. The Morgan fingerprint density at radius 3 is 2.00 bits per heavy atom. The largest absolute Gasteiger partial charge is 0.204 e. The van der Waals surface area contributed by atoms with Crippen LogP contribution in [0.1, 0.15) is 25.0 Å². The zero-order valence-electron chi connectivity index (χ0n) is 16.3. The maximum atomic E-state index is 3.76. The van der Waals surface area contributed by atoms with E-state index in [1.807, 2.05) is 12.1 Å². The molecular weight excluding hydrogens is 484 g/mol. The molecule has 0 aromatic heterocycles. The monoisotopic (exact) mass is 502 g/mol. The Bertz CT molecular complexity index is 1020. The van der Waals surface area contributed by atoms with E-state index in [1.165, 1.54) is 33.8 Å². The van der Waals surface area contributed by atoms with Gasteiger partial charge in [0.15, 0.2) is 0 Å². The first-order chi connectivity index (χ1) is 14.0. The lowest BCUT2D eigenvalue weighted by Gasteiger charge is -2.26. The van der Waals surface area contributed by atoms with Crippen LogP contribution in [0.25, 0.3) is 11.1 Å². The van der Waals surface area contributed by atoms with Crippen molar-refractivity contribution >= 4 is 43.0 Å². The number of hydrogen-bond donors (Lipinski definition) is 0. The van der Waals surface area contributed by atoms with Gasteiger partial charge in [-0.25, -0.2) is 5.73 Å². The second-order valence-electron chi connectivity index (χ2n) is 7.16. The van der Waals surface area contributed by atoms with Crippen molar-refractivity contribution in [2.45, 2.75) is 13.8 Å². The van der Waals surface area contributed by atoms with Crippen LogP contribution in [0.15, 0.2) is 112 Å². The molecule has 0 nitrogen and oxygen atoms in total. The summed E-state index contributed by atoms with van der Waals surface area (Å²) < 4.78 is 1.02. The van der Waals surface area contributed by atoms with Crippen molar-refractivity contribution in [2.75, 3.05) is 0 Å². The molecule has 0 saturated carbocycles. The van der Waals surface area contributed by atoms with Crippen LogP contribution in [0.4, 0.5) is 0 Å². The second-order valence-corrected chi connectivity index (χ2v) is 8.87. The Kier molecular flexibility index (Phi) is 5.87. The molecule has 0 atom stereocenters. The average molecular weight is 504 g/mol. The quantitative estimate of drug-likeness (QED) is 0.285. The molecule has 2 heteroatoms. The van der Waals surface area contributed by atoms with Crippen LogP contribution in [0, 0.1) is 10.7 Å². The van der Waals surface area contributed by atoms with E-state index in [0.717, 1.165) is 20.5 Å². The van der Waals surface area contributed by atoms with Crippen molar-refractivity contribution in [2.24, 2.45) is 0 Å². The van der Waals surface area contributed by atoms with Crippen LogP contribution >= 0.6 is 31.9 Å². The number of hydrogen-bond acceptors (Lipinski definition) is 0. The van der Waals surface area contributed by atoms with Crippen molar-refractivity contribution in [1.29, 1.82) is 0 Å². The summed E-state index contributed by atoms with van der Waals surface area (Å²) in [7, 11) is 0. The Morgan fingerprint density at radius 2 is 1.45 bits per heavy atom. The number of rotatable bonds is 2. The highest BCUT2D eigenvalue weighted by atomic mass is 79.9. The van der Waals surface area contributed by atoms with Crippen LogP contribution in [-0.4, -0.2) is 0 Å². The summed E-state index contributed by atoms with van der Waals surface area (Å²) in [5.41, 5.74) is 11.9. The molecule has 29 heavy (non-hydrogen) atoms. The topological polar surface area (TPSA) is 0 Å². The first-order valence-corrected chi connectivity index (χ1v) is 11.1. The molecule has 2 aliphatic rings. The van der Waals surface area contributed by atoms with Gasteiger partial charge in [0, 0.05) is 29.2 Å². The van der Waals surface area contributed by atoms with Crippen LogP contribution in [0.5, 0.6) is 0 Å². The summed E-state index contributed by atoms with van der Waals surface area (Å²) in [5.74, 6) is 1.22. The molecule has 0 amide bonds. The Morgan fingerprint density at radius 1 is 0.862 bits per heavy atom. The van der Waals surface area contributed by atoms with E-state index in [2.05, 4.69) is 124 Å². The van der Waals surface area contributed by atoms with Gasteiger partial charge < -0.3 is 0 Å². The highest BCUT2D eigenvalue weighted by Crippen LogP contribution is 2.41. The highest BCUT2D eigenvalue weighted by Gasteiger charge is 2.21. The molecule has 0 heterocycles. The van der Waals surface area contributed by atoms with Crippen molar-refractivity contribution in [3.05, 3.63) is 134 Å². The van der Waals surface area contributed by atoms with Crippen LogP contribution in [-0.2, 0) is 0 Å². The fourth-order valence-electron chi connectivity index (χ4n) is 3.57. The minimum atomic E-state index is 1.02. The standard InChI is InChI=1S/C27H20Br2/c1-18-13-22(20-9-5-3-6-10-20)14-19(2)24(18)17-25-26(28)15-23(16-27(25)29)21-11-7-4-8-12-21/h3-16H,1-2H3. The summed E-state index contributed by atoms with van der Waals surface area (Å²) >= 11 is 7.52. The van der Waals surface area contributed by atoms with E-state index in [0.29, 0.717) is 0 Å². The van der Waals surface area contributed by atoms with E-state index >= 15 is 0 Å². The third-order valence-corrected chi connectivity index (χ3v) is 6.29. The Labute approximate surface area is 190 Å². The molecule has 4 rings (SSSR count). The Balaban J connectivity index is 1.71. The molecule has 0 saturated heterocycles. The maximum Gasteiger partial charge on any atom is 0.0593 e. The fourth-order valence-corrected chi connectivity index (χ4v) is 4.96. The summed E-state index contributed by atoms with van der Waals surface area (Å²) in [6.45, 7) is 4.31. The van der Waals surface area contributed by atoms with E-state index in [-0.39, 0.29) is 0 Å². The van der Waals surface area contributed by atoms with Gasteiger partial charge in [0.25, 0.3) is 0 Å². The maximum absolute atomic E-state index is 3.76. The number of halogens is 2. The van der Waals surface area contributed by atoms with E-state index in [1.54, 1.807) is 0 Å². The molecule has 0 spiro atoms. The summed E-state index contributed by atoms with van der Waals surface area (Å²) in [6.07, 6.45) is 8.80. The van der Waals surface area contributed by atoms with Crippen molar-refractivity contribution in [3.8, 4) is 0 Å². The van der Waals surface area contributed by atoms with Gasteiger partial charge in [-0.3, -0.25) is 0 Å². The smallest absolute Gasteiger partial charge is 0.0593 e. The van der Waals surface area contributed by atoms with Crippen LogP contribution in [0.3, 0.4) is 0 Å². The lowest BCUT2D eigenvalue weighted by atomic mass is 9.84. The van der Waals surface area contributed by atoms with Gasteiger partial charge in [-0.15, -0.1) is 44.0 Å². The molecule has 2 aromatic rings. The van der Waals surface area contributed by atoms with Gasteiger partial charge in [0.1, 0.15) is 0 Å². The first-order valence-electron chi connectivity index (χ1n) is 9.51. The summed E-state index contributed by atoms with van der Waals surface area (Å²) in [4.78, 5) is 1.02. The molecule has 0 fully saturated rings.